The minimum Gasteiger partial charge on any atom is -0.370 e. The summed E-state index contributed by atoms with van der Waals surface area (Å²) < 4.78 is 0. The minimum atomic E-state index is 0.645. The van der Waals surface area contributed by atoms with E-state index in [-0.39, 0.29) is 0 Å². The van der Waals surface area contributed by atoms with Crippen molar-refractivity contribution in [1.29, 1.82) is 0 Å². The Hall–Kier alpha value is -1.02. The number of rotatable bonds is 3. The lowest BCUT2D eigenvalue weighted by molar-refractivity contribution is 0.481. The lowest BCUT2D eigenvalue weighted by Gasteiger charge is -2.31. The number of benzene rings is 1. The lowest BCUT2D eigenvalue weighted by atomic mass is 9.98. The van der Waals surface area contributed by atoms with Crippen LogP contribution in [-0.4, -0.2) is 26.2 Å². The molecule has 2 heteroatoms. The molecule has 0 aliphatic carbocycles. The van der Waals surface area contributed by atoms with Crippen LogP contribution in [0.2, 0.25) is 0 Å². The highest BCUT2D eigenvalue weighted by molar-refractivity contribution is 5.53. The molecule has 0 bridgehead atoms. The van der Waals surface area contributed by atoms with E-state index in [2.05, 4.69) is 55.4 Å². The fourth-order valence-corrected chi connectivity index (χ4v) is 2.73. The van der Waals surface area contributed by atoms with Gasteiger partial charge >= 0.3 is 0 Å². The zero-order valence-corrected chi connectivity index (χ0v) is 10.5. The van der Waals surface area contributed by atoms with Crippen LogP contribution >= 0.6 is 0 Å². The van der Waals surface area contributed by atoms with Crippen molar-refractivity contribution in [3.05, 3.63) is 29.8 Å². The molecule has 1 N–H and O–H groups in total. The second-order valence-electron chi connectivity index (χ2n) is 4.79. The molecule has 1 aliphatic rings. The Kier molecular flexibility index (Phi) is 3.49. The molecule has 88 valence electrons. The van der Waals surface area contributed by atoms with Crippen molar-refractivity contribution in [3.63, 3.8) is 0 Å². The number of anilines is 1. The summed E-state index contributed by atoms with van der Waals surface area (Å²) in [6, 6.07) is 9.29. The zero-order valence-electron chi connectivity index (χ0n) is 10.5. The number of nitrogens with one attached hydrogen (secondary N) is 1. The third-order valence-corrected chi connectivity index (χ3v) is 3.82. The van der Waals surface area contributed by atoms with E-state index >= 15 is 0 Å². The average molecular weight is 218 g/mol. The highest BCUT2D eigenvalue weighted by atomic mass is 15.2. The monoisotopic (exact) mass is 218 g/mol. The summed E-state index contributed by atoms with van der Waals surface area (Å²) in [6.45, 7) is 6.76. The van der Waals surface area contributed by atoms with Crippen LogP contribution in [0.15, 0.2) is 24.3 Å². The maximum Gasteiger partial charge on any atom is 0.0451 e. The van der Waals surface area contributed by atoms with Crippen molar-refractivity contribution in [1.82, 2.24) is 5.32 Å². The molecule has 2 rings (SSSR count). The van der Waals surface area contributed by atoms with E-state index in [0.717, 1.165) is 19.0 Å². The van der Waals surface area contributed by atoms with Gasteiger partial charge in [0.1, 0.15) is 0 Å². The van der Waals surface area contributed by atoms with Crippen LogP contribution in [0.4, 0.5) is 5.69 Å². The molecule has 1 heterocycles. The van der Waals surface area contributed by atoms with E-state index in [0.29, 0.717) is 6.04 Å². The van der Waals surface area contributed by atoms with Crippen LogP contribution < -0.4 is 10.2 Å². The molecule has 2 unspecified atom stereocenters. The van der Waals surface area contributed by atoms with Gasteiger partial charge in [0.25, 0.3) is 0 Å². The predicted molar refractivity (Wildman–Crippen MR) is 70.0 cm³/mol. The van der Waals surface area contributed by atoms with Gasteiger partial charge in [-0.15, -0.1) is 0 Å². The lowest BCUT2D eigenvalue weighted by Crippen LogP contribution is -2.38. The first-order valence-electron chi connectivity index (χ1n) is 6.23. The van der Waals surface area contributed by atoms with Gasteiger partial charge in [-0.05, 0) is 24.5 Å². The van der Waals surface area contributed by atoms with Crippen LogP contribution in [0.5, 0.6) is 0 Å². The molecule has 0 spiro atoms. The van der Waals surface area contributed by atoms with Crippen LogP contribution in [0, 0.1) is 12.8 Å². The van der Waals surface area contributed by atoms with Crippen molar-refractivity contribution >= 4 is 5.69 Å². The summed E-state index contributed by atoms with van der Waals surface area (Å²) in [5.41, 5.74) is 2.74. The molecule has 16 heavy (non-hydrogen) atoms. The molecular formula is C14H22N2. The Balaban J connectivity index is 2.18. The summed E-state index contributed by atoms with van der Waals surface area (Å²) in [7, 11) is 2.22. The van der Waals surface area contributed by atoms with Crippen molar-refractivity contribution in [2.45, 2.75) is 26.3 Å². The van der Waals surface area contributed by atoms with Gasteiger partial charge < -0.3 is 10.2 Å². The van der Waals surface area contributed by atoms with E-state index < -0.39 is 0 Å². The molecule has 1 saturated heterocycles. The molecule has 1 aromatic carbocycles. The number of hydrogen-bond donors (Lipinski definition) is 1. The smallest absolute Gasteiger partial charge is 0.0451 e. The Morgan fingerprint density at radius 2 is 2.06 bits per heavy atom. The van der Waals surface area contributed by atoms with E-state index in [1.165, 1.54) is 17.7 Å². The topological polar surface area (TPSA) is 15.3 Å². The number of aryl methyl sites for hydroxylation is 1. The van der Waals surface area contributed by atoms with E-state index in [1.54, 1.807) is 0 Å². The highest BCUT2D eigenvalue weighted by Crippen LogP contribution is 2.26. The second-order valence-corrected chi connectivity index (χ2v) is 4.79. The quantitative estimate of drug-likeness (QED) is 0.838. The third-order valence-electron chi connectivity index (χ3n) is 3.82. The molecular weight excluding hydrogens is 196 g/mol. The minimum absolute atomic E-state index is 0.645. The summed E-state index contributed by atoms with van der Waals surface area (Å²) >= 11 is 0. The van der Waals surface area contributed by atoms with E-state index in [4.69, 9.17) is 0 Å². The molecule has 0 saturated carbocycles. The SMILES string of the molecule is CCC1CNCC1N(C)c1ccccc1C. The van der Waals surface area contributed by atoms with Gasteiger partial charge in [-0.25, -0.2) is 0 Å². The molecule has 0 radical (unpaired) electrons. The van der Waals surface area contributed by atoms with Gasteiger partial charge in [-0.3, -0.25) is 0 Å². The first-order valence-corrected chi connectivity index (χ1v) is 6.23. The van der Waals surface area contributed by atoms with Crippen LogP contribution in [0.3, 0.4) is 0 Å². The van der Waals surface area contributed by atoms with E-state index in [1.807, 2.05) is 0 Å². The molecule has 1 fully saturated rings. The van der Waals surface area contributed by atoms with Crippen molar-refractivity contribution in [2.24, 2.45) is 5.92 Å². The standard InChI is InChI=1S/C14H22N2/c1-4-12-9-15-10-14(12)16(3)13-8-6-5-7-11(13)2/h5-8,12,14-15H,4,9-10H2,1-3H3. The highest BCUT2D eigenvalue weighted by Gasteiger charge is 2.29. The maximum absolute atomic E-state index is 3.50. The molecule has 1 aliphatic heterocycles. The number of nitrogens with zero attached hydrogens (tertiary/aromatic N) is 1. The van der Waals surface area contributed by atoms with Gasteiger partial charge in [0.15, 0.2) is 0 Å². The maximum atomic E-state index is 3.50. The van der Waals surface area contributed by atoms with Crippen molar-refractivity contribution < 1.29 is 0 Å². The number of para-hydroxylation sites is 1. The van der Waals surface area contributed by atoms with Gasteiger partial charge in [0.2, 0.25) is 0 Å². The summed E-state index contributed by atoms with van der Waals surface area (Å²) in [5.74, 6) is 0.782. The van der Waals surface area contributed by atoms with Gasteiger partial charge in [-0.2, -0.15) is 0 Å². The molecule has 2 nitrogen and oxygen atoms in total. The third kappa shape index (κ3) is 2.07. The van der Waals surface area contributed by atoms with Crippen LogP contribution in [0.1, 0.15) is 18.9 Å². The summed E-state index contributed by atoms with van der Waals surface area (Å²) in [6.07, 6.45) is 1.26. The van der Waals surface area contributed by atoms with Crippen molar-refractivity contribution in [2.75, 3.05) is 25.0 Å². The normalized spacial score (nSPS) is 24.7. The number of hydrogen-bond acceptors (Lipinski definition) is 2. The van der Waals surface area contributed by atoms with Gasteiger partial charge in [-0.1, -0.05) is 31.5 Å². The molecule has 2 atom stereocenters. The van der Waals surface area contributed by atoms with Crippen LogP contribution in [-0.2, 0) is 0 Å². The summed E-state index contributed by atoms with van der Waals surface area (Å²) in [4.78, 5) is 2.45. The Morgan fingerprint density at radius 3 is 2.75 bits per heavy atom. The first-order chi connectivity index (χ1) is 7.74. The summed E-state index contributed by atoms with van der Waals surface area (Å²) in [5, 5.41) is 3.50. The Morgan fingerprint density at radius 1 is 1.31 bits per heavy atom. The van der Waals surface area contributed by atoms with Crippen molar-refractivity contribution in [3.8, 4) is 0 Å². The second kappa shape index (κ2) is 4.88. The molecule has 0 amide bonds. The first kappa shape index (κ1) is 11.5. The molecule has 1 aromatic rings. The van der Waals surface area contributed by atoms with E-state index in [9.17, 15) is 0 Å². The molecule has 0 aromatic heterocycles. The average Bonchev–Trinajstić information content (AvgIpc) is 2.77. The number of likely N-dealkylation sites (N-methyl/N-ethyl adjacent to an activating group) is 1. The van der Waals surface area contributed by atoms with Crippen LogP contribution in [0.25, 0.3) is 0 Å². The van der Waals surface area contributed by atoms with Gasteiger partial charge in [0, 0.05) is 31.9 Å². The fourth-order valence-electron chi connectivity index (χ4n) is 2.73. The Labute approximate surface area is 98.7 Å². The fraction of sp³-hybridized carbons (Fsp3) is 0.571. The predicted octanol–water partition coefficient (Wildman–Crippen LogP) is 2.43. The zero-order chi connectivity index (χ0) is 11.5. The largest absolute Gasteiger partial charge is 0.370 e. The Bertz CT molecular complexity index is 348. The van der Waals surface area contributed by atoms with Gasteiger partial charge in [0.05, 0.1) is 0 Å².